The van der Waals surface area contributed by atoms with E-state index in [1.54, 1.807) is 6.07 Å². The van der Waals surface area contributed by atoms with Gasteiger partial charge in [0.2, 0.25) is 10.0 Å². The van der Waals surface area contributed by atoms with Crippen LogP contribution in [-0.4, -0.2) is 47.4 Å². The number of hydrogen-bond donors (Lipinski definition) is 2. The van der Waals surface area contributed by atoms with Gasteiger partial charge in [-0.05, 0) is 31.9 Å². The van der Waals surface area contributed by atoms with Crippen LogP contribution in [0.2, 0.25) is 0 Å². The molecule has 0 spiro atoms. The number of sulfonamides is 1. The molecule has 0 radical (unpaired) electrons. The molecule has 1 saturated carbocycles. The molecule has 1 aliphatic carbocycles. The van der Waals surface area contributed by atoms with Crippen LogP contribution in [0.5, 0.6) is 0 Å². The predicted molar refractivity (Wildman–Crippen MR) is 89.4 cm³/mol. The van der Waals surface area contributed by atoms with E-state index in [0.717, 1.165) is 12.8 Å². The Hall–Kier alpha value is -2.52. The second-order valence-corrected chi connectivity index (χ2v) is 7.54. The molecule has 9 heteroatoms. The number of pyridine rings is 1. The van der Waals surface area contributed by atoms with Crippen molar-refractivity contribution in [3.63, 3.8) is 0 Å². The molecule has 132 valence electrons. The second-order valence-electron chi connectivity index (χ2n) is 6.01. The van der Waals surface area contributed by atoms with E-state index in [4.69, 9.17) is 5.14 Å². The monoisotopic (exact) mass is 363 g/mol. The molecular formula is C16H17N3O5S. The minimum Gasteiger partial charge on any atom is -0.480 e. The van der Waals surface area contributed by atoms with Crippen molar-refractivity contribution in [2.45, 2.75) is 36.7 Å². The normalized spacial score (nSPS) is 15.8. The zero-order chi connectivity index (χ0) is 18.4. The Kier molecular flexibility index (Phi) is 4.21. The SMILES string of the molecule is CC(C(=O)O)N(C(=O)c1nccc2c(S(N)(=O)=O)cccc12)C1CC1. The summed E-state index contributed by atoms with van der Waals surface area (Å²) in [6.07, 6.45) is 2.79. The number of amides is 1. The Morgan fingerprint density at radius 1 is 1.28 bits per heavy atom. The van der Waals surface area contributed by atoms with Crippen LogP contribution >= 0.6 is 0 Å². The third kappa shape index (κ3) is 3.20. The van der Waals surface area contributed by atoms with Crippen molar-refractivity contribution >= 4 is 32.7 Å². The van der Waals surface area contributed by atoms with Gasteiger partial charge in [0.1, 0.15) is 11.7 Å². The summed E-state index contributed by atoms with van der Waals surface area (Å²) >= 11 is 0. The van der Waals surface area contributed by atoms with Gasteiger partial charge in [-0.15, -0.1) is 0 Å². The molecule has 0 saturated heterocycles. The predicted octanol–water partition coefficient (Wildman–Crippen LogP) is 0.960. The number of carboxylic acids is 1. The van der Waals surface area contributed by atoms with Gasteiger partial charge in [0.05, 0.1) is 4.90 Å². The number of benzene rings is 1. The topological polar surface area (TPSA) is 131 Å². The van der Waals surface area contributed by atoms with E-state index in [0.29, 0.717) is 5.39 Å². The van der Waals surface area contributed by atoms with Crippen molar-refractivity contribution in [2.75, 3.05) is 0 Å². The van der Waals surface area contributed by atoms with Gasteiger partial charge in [-0.3, -0.25) is 9.78 Å². The third-order valence-electron chi connectivity index (χ3n) is 4.22. The maximum Gasteiger partial charge on any atom is 0.326 e. The van der Waals surface area contributed by atoms with Crippen molar-refractivity contribution in [2.24, 2.45) is 5.14 Å². The van der Waals surface area contributed by atoms with E-state index < -0.39 is 27.9 Å². The standard InChI is InChI=1S/C16H17N3O5S/c1-9(16(21)22)19(10-5-6-10)15(20)14-12-3-2-4-13(25(17,23)24)11(12)7-8-18-14/h2-4,7-10H,5-6H2,1H3,(H,21,22)(H2,17,23,24). The quantitative estimate of drug-likeness (QED) is 0.813. The average Bonchev–Trinajstić information content (AvgIpc) is 3.37. The van der Waals surface area contributed by atoms with Crippen molar-refractivity contribution < 1.29 is 23.1 Å². The highest BCUT2D eigenvalue weighted by Crippen LogP contribution is 2.32. The van der Waals surface area contributed by atoms with Gasteiger partial charge >= 0.3 is 5.97 Å². The smallest absolute Gasteiger partial charge is 0.326 e. The molecular weight excluding hydrogens is 346 g/mol. The van der Waals surface area contributed by atoms with E-state index in [-0.39, 0.29) is 22.0 Å². The Bertz CT molecular complexity index is 969. The zero-order valence-electron chi connectivity index (χ0n) is 13.4. The fraction of sp³-hybridized carbons (Fsp3) is 0.312. The average molecular weight is 363 g/mol. The fourth-order valence-corrected chi connectivity index (χ4v) is 3.60. The fourth-order valence-electron chi connectivity index (χ4n) is 2.85. The molecule has 0 bridgehead atoms. The van der Waals surface area contributed by atoms with Crippen molar-refractivity contribution in [1.82, 2.24) is 9.88 Å². The Labute approximate surface area is 144 Å². The number of rotatable bonds is 5. The van der Waals surface area contributed by atoms with Gasteiger partial charge in [-0.1, -0.05) is 12.1 Å². The Morgan fingerprint density at radius 3 is 2.52 bits per heavy atom. The largest absolute Gasteiger partial charge is 0.480 e. The van der Waals surface area contributed by atoms with Gasteiger partial charge in [-0.25, -0.2) is 18.4 Å². The van der Waals surface area contributed by atoms with Crippen LogP contribution in [-0.2, 0) is 14.8 Å². The number of aromatic nitrogens is 1. The molecule has 1 unspecified atom stereocenters. The first-order valence-corrected chi connectivity index (χ1v) is 9.22. The van der Waals surface area contributed by atoms with Gasteiger partial charge in [-0.2, -0.15) is 0 Å². The van der Waals surface area contributed by atoms with E-state index in [9.17, 15) is 23.1 Å². The number of carbonyl (C=O) groups is 2. The first-order valence-electron chi connectivity index (χ1n) is 7.68. The van der Waals surface area contributed by atoms with Crippen LogP contribution in [0.4, 0.5) is 0 Å². The zero-order valence-corrected chi connectivity index (χ0v) is 14.2. The van der Waals surface area contributed by atoms with Gasteiger partial charge in [0.15, 0.2) is 0 Å². The molecule has 3 N–H and O–H groups in total. The number of carbonyl (C=O) groups excluding carboxylic acids is 1. The first kappa shape index (κ1) is 17.3. The minimum absolute atomic E-state index is 0.0167. The van der Waals surface area contributed by atoms with E-state index >= 15 is 0 Å². The van der Waals surface area contributed by atoms with E-state index in [1.807, 2.05) is 0 Å². The molecule has 1 heterocycles. The Morgan fingerprint density at radius 2 is 1.96 bits per heavy atom. The number of fused-ring (bicyclic) bond motifs is 1. The highest BCUT2D eigenvalue weighted by Gasteiger charge is 2.39. The lowest BCUT2D eigenvalue weighted by Crippen LogP contribution is -2.45. The van der Waals surface area contributed by atoms with Crippen molar-refractivity contribution in [3.05, 3.63) is 36.2 Å². The van der Waals surface area contributed by atoms with Crippen LogP contribution in [0, 0.1) is 0 Å². The molecule has 0 aliphatic heterocycles. The van der Waals surface area contributed by atoms with Crippen molar-refractivity contribution in [1.29, 1.82) is 0 Å². The number of aliphatic carboxylic acids is 1. The van der Waals surface area contributed by atoms with Crippen LogP contribution in [0.3, 0.4) is 0 Å². The van der Waals surface area contributed by atoms with E-state index in [1.165, 1.54) is 36.2 Å². The molecule has 1 aromatic carbocycles. The molecule has 3 rings (SSSR count). The van der Waals surface area contributed by atoms with Crippen LogP contribution < -0.4 is 5.14 Å². The van der Waals surface area contributed by atoms with Gasteiger partial charge in [0, 0.05) is 23.0 Å². The number of nitrogens with zero attached hydrogens (tertiary/aromatic N) is 2. The molecule has 1 fully saturated rings. The number of primary sulfonamides is 1. The highest BCUT2D eigenvalue weighted by molar-refractivity contribution is 7.89. The summed E-state index contributed by atoms with van der Waals surface area (Å²) in [5.74, 6) is -1.64. The second kappa shape index (κ2) is 6.08. The maximum atomic E-state index is 13.0. The molecule has 8 nitrogen and oxygen atoms in total. The van der Waals surface area contributed by atoms with Crippen LogP contribution in [0.25, 0.3) is 10.8 Å². The Balaban J connectivity index is 2.15. The van der Waals surface area contributed by atoms with Crippen LogP contribution in [0.1, 0.15) is 30.3 Å². The first-order chi connectivity index (χ1) is 11.7. The molecule has 1 aromatic heterocycles. The summed E-state index contributed by atoms with van der Waals surface area (Å²) in [5, 5.41) is 15.1. The third-order valence-corrected chi connectivity index (χ3v) is 5.19. The lowest BCUT2D eigenvalue weighted by atomic mass is 10.1. The number of hydrogen-bond acceptors (Lipinski definition) is 5. The van der Waals surface area contributed by atoms with Crippen LogP contribution in [0.15, 0.2) is 35.4 Å². The minimum atomic E-state index is -3.97. The van der Waals surface area contributed by atoms with Gasteiger partial charge < -0.3 is 10.0 Å². The highest BCUT2D eigenvalue weighted by atomic mass is 32.2. The summed E-state index contributed by atoms with van der Waals surface area (Å²) in [5.41, 5.74) is 0.0167. The molecule has 25 heavy (non-hydrogen) atoms. The van der Waals surface area contributed by atoms with Crippen molar-refractivity contribution in [3.8, 4) is 0 Å². The summed E-state index contributed by atoms with van der Waals surface area (Å²) in [6, 6.07) is 4.72. The maximum absolute atomic E-state index is 13.0. The summed E-state index contributed by atoms with van der Waals surface area (Å²) in [6.45, 7) is 1.44. The van der Waals surface area contributed by atoms with E-state index in [2.05, 4.69) is 4.98 Å². The molecule has 1 amide bonds. The number of nitrogens with two attached hydrogens (primary N) is 1. The van der Waals surface area contributed by atoms with Gasteiger partial charge in [0.25, 0.3) is 5.91 Å². The lowest BCUT2D eigenvalue weighted by Gasteiger charge is -2.26. The lowest BCUT2D eigenvalue weighted by molar-refractivity contribution is -0.141. The summed E-state index contributed by atoms with van der Waals surface area (Å²) in [4.78, 5) is 29.6. The summed E-state index contributed by atoms with van der Waals surface area (Å²) < 4.78 is 23.5. The molecule has 1 atom stereocenters. The summed E-state index contributed by atoms with van der Waals surface area (Å²) in [7, 11) is -3.97. The molecule has 2 aromatic rings. The number of carboxylic acid groups (broad SMARTS) is 1. The molecule has 1 aliphatic rings.